The third-order valence-electron chi connectivity index (χ3n) is 6.51. The van der Waals surface area contributed by atoms with Crippen molar-refractivity contribution in [3.63, 3.8) is 0 Å². The minimum Gasteiger partial charge on any atom is -0.497 e. The Bertz CT molecular complexity index is 1030. The van der Waals surface area contributed by atoms with Crippen LogP contribution in [-0.2, 0) is 16.1 Å². The van der Waals surface area contributed by atoms with E-state index in [9.17, 15) is 9.59 Å². The SMILES string of the molecule is CCCCNC(=O)C(CC)N(Cc1ccc(OC)cc1)C(=O)CC(c1ccccc1)c1ccccc1. The molecule has 0 spiro atoms. The van der Waals surface area contributed by atoms with E-state index in [-0.39, 0.29) is 24.2 Å². The van der Waals surface area contributed by atoms with E-state index in [1.165, 1.54) is 0 Å². The zero-order chi connectivity index (χ0) is 25.8. The van der Waals surface area contributed by atoms with E-state index in [0.29, 0.717) is 19.5 Å². The van der Waals surface area contributed by atoms with Gasteiger partial charge in [0.25, 0.3) is 0 Å². The first-order valence-corrected chi connectivity index (χ1v) is 12.9. The Morgan fingerprint density at radius 1 is 0.861 bits per heavy atom. The van der Waals surface area contributed by atoms with Gasteiger partial charge in [-0.05, 0) is 41.7 Å². The number of nitrogens with one attached hydrogen (secondary N) is 1. The Labute approximate surface area is 215 Å². The van der Waals surface area contributed by atoms with E-state index in [1.54, 1.807) is 12.0 Å². The predicted octanol–water partition coefficient (Wildman–Crippen LogP) is 5.94. The minimum atomic E-state index is -0.538. The maximum atomic E-state index is 14.0. The molecule has 1 unspecified atom stereocenters. The summed E-state index contributed by atoms with van der Waals surface area (Å²) in [5, 5.41) is 3.04. The molecule has 3 rings (SSSR count). The quantitative estimate of drug-likeness (QED) is 0.304. The third-order valence-corrected chi connectivity index (χ3v) is 6.51. The van der Waals surface area contributed by atoms with Gasteiger partial charge in [0.1, 0.15) is 11.8 Å². The first kappa shape index (κ1) is 27.0. The number of carbonyl (C=O) groups excluding carboxylic acids is 2. The van der Waals surface area contributed by atoms with E-state index in [0.717, 1.165) is 35.3 Å². The van der Waals surface area contributed by atoms with Crippen LogP contribution >= 0.6 is 0 Å². The van der Waals surface area contributed by atoms with Crippen molar-refractivity contribution >= 4 is 11.8 Å². The van der Waals surface area contributed by atoms with Gasteiger partial charge >= 0.3 is 0 Å². The second-order valence-corrected chi connectivity index (χ2v) is 9.02. The first-order chi connectivity index (χ1) is 17.6. The second-order valence-electron chi connectivity index (χ2n) is 9.02. The number of rotatable bonds is 13. The molecule has 0 aliphatic carbocycles. The fourth-order valence-corrected chi connectivity index (χ4v) is 4.44. The van der Waals surface area contributed by atoms with Crippen molar-refractivity contribution < 1.29 is 14.3 Å². The van der Waals surface area contributed by atoms with Crippen molar-refractivity contribution in [2.75, 3.05) is 13.7 Å². The Balaban J connectivity index is 1.91. The molecule has 0 heterocycles. The molecular weight excluding hydrogens is 448 g/mol. The monoisotopic (exact) mass is 486 g/mol. The van der Waals surface area contributed by atoms with E-state index < -0.39 is 6.04 Å². The average molecular weight is 487 g/mol. The summed E-state index contributed by atoms with van der Waals surface area (Å²) in [6.07, 6.45) is 2.74. The van der Waals surface area contributed by atoms with Crippen LogP contribution in [0.3, 0.4) is 0 Å². The van der Waals surface area contributed by atoms with Gasteiger partial charge in [0, 0.05) is 25.4 Å². The maximum absolute atomic E-state index is 14.0. The molecule has 2 amide bonds. The van der Waals surface area contributed by atoms with Crippen molar-refractivity contribution in [3.8, 4) is 5.75 Å². The highest BCUT2D eigenvalue weighted by atomic mass is 16.5. The minimum absolute atomic E-state index is 0.0407. The Morgan fingerprint density at radius 3 is 1.94 bits per heavy atom. The van der Waals surface area contributed by atoms with Gasteiger partial charge in [0.05, 0.1) is 7.11 Å². The molecule has 36 heavy (non-hydrogen) atoms. The maximum Gasteiger partial charge on any atom is 0.242 e. The van der Waals surface area contributed by atoms with Crippen molar-refractivity contribution in [1.82, 2.24) is 10.2 Å². The lowest BCUT2D eigenvalue weighted by molar-refractivity contribution is -0.141. The molecule has 3 aromatic carbocycles. The Kier molecular flexibility index (Phi) is 10.6. The van der Waals surface area contributed by atoms with E-state index >= 15 is 0 Å². The summed E-state index contributed by atoms with van der Waals surface area (Å²) >= 11 is 0. The van der Waals surface area contributed by atoms with Crippen LogP contribution in [0.5, 0.6) is 5.75 Å². The summed E-state index contributed by atoms with van der Waals surface area (Å²) in [6.45, 7) is 5.03. The van der Waals surface area contributed by atoms with E-state index in [4.69, 9.17) is 4.74 Å². The zero-order valence-electron chi connectivity index (χ0n) is 21.7. The molecule has 0 fully saturated rings. The fraction of sp³-hybridized carbons (Fsp3) is 0.355. The summed E-state index contributed by atoms with van der Waals surface area (Å²) in [7, 11) is 1.63. The van der Waals surface area contributed by atoms with Crippen LogP contribution in [0.4, 0.5) is 0 Å². The second kappa shape index (κ2) is 14.1. The van der Waals surface area contributed by atoms with Crippen molar-refractivity contribution in [2.24, 2.45) is 0 Å². The van der Waals surface area contributed by atoms with Gasteiger partial charge in [-0.15, -0.1) is 0 Å². The molecular formula is C31H38N2O3. The normalized spacial score (nSPS) is 11.7. The average Bonchev–Trinajstić information content (AvgIpc) is 2.93. The molecule has 1 N–H and O–H groups in total. The number of carbonyl (C=O) groups is 2. The number of methoxy groups -OCH3 is 1. The molecule has 0 aliphatic heterocycles. The summed E-state index contributed by atoms with van der Waals surface area (Å²) < 4.78 is 5.29. The molecule has 5 heteroatoms. The van der Waals surface area contributed by atoms with E-state index in [2.05, 4.69) is 36.5 Å². The summed E-state index contributed by atoms with van der Waals surface area (Å²) in [5.74, 6) is 0.526. The lowest BCUT2D eigenvalue weighted by atomic mass is 9.88. The lowest BCUT2D eigenvalue weighted by Gasteiger charge is -2.32. The highest BCUT2D eigenvalue weighted by Crippen LogP contribution is 2.29. The van der Waals surface area contributed by atoms with Crippen molar-refractivity contribution in [3.05, 3.63) is 102 Å². The number of unbranched alkanes of at least 4 members (excludes halogenated alkanes) is 1. The molecule has 0 aromatic heterocycles. The van der Waals surface area contributed by atoms with Gasteiger partial charge < -0.3 is 15.0 Å². The van der Waals surface area contributed by atoms with Crippen LogP contribution in [0.1, 0.15) is 62.1 Å². The Hall–Kier alpha value is -3.60. The lowest BCUT2D eigenvalue weighted by Crippen LogP contribution is -2.49. The van der Waals surface area contributed by atoms with Crippen LogP contribution in [0.25, 0.3) is 0 Å². The van der Waals surface area contributed by atoms with Crippen LogP contribution in [0.15, 0.2) is 84.9 Å². The molecule has 0 radical (unpaired) electrons. The largest absolute Gasteiger partial charge is 0.497 e. The molecule has 0 saturated carbocycles. The smallest absolute Gasteiger partial charge is 0.242 e. The van der Waals surface area contributed by atoms with E-state index in [1.807, 2.05) is 67.6 Å². The number of hydrogen-bond donors (Lipinski definition) is 1. The first-order valence-electron chi connectivity index (χ1n) is 12.9. The summed E-state index contributed by atoms with van der Waals surface area (Å²) in [6, 6.07) is 27.4. The van der Waals surface area contributed by atoms with Gasteiger partial charge in [-0.2, -0.15) is 0 Å². The molecule has 3 aromatic rings. The van der Waals surface area contributed by atoms with Gasteiger partial charge in [-0.25, -0.2) is 0 Å². The van der Waals surface area contributed by atoms with Crippen LogP contribution in [-0.4, -0.2) is 36.4 Å². The fourth-order valence-electron chi connectivity index (χ4n) is 4.44. The van der Waals surface area contributed by atoms with Crippen molar-refractivity contribution in [2.45, 2.75) is 58.0 Å². The number of benzene rings is 3. The molecule has 0 saturated heterocycles. The standard InChI is InChI=1S/C31H38N2O3/c1-4-6-21-32-31(35)29(5-2)33(23-24-17-19-27(36-3)20-18-24)30(34)22-28(25-13-9-7-10-14-25)26-15-11-8-12-16-26/h7-20,28-29H,4-6,21-23H2,1-3H3,(H,32,35). The third kappa shape index (κ3) is 7.45. The molecule has 5 nitrogen and oxygen atoms in total. The number of hydrogen-bond acceptors (Lipinski definition) is 3. The van der Waals surface area contributed by atoms with Crippen LogP contribution in [0.2, 0.25) is 0 Å². The molecule has 0 aliphatic rings. The van der Waals surface area contributed by atoms with Crippen LogP contribution < -0.4 is 10.1 Å². The molecule has 0 bridgehead atoms. The van der Waals surface area contributed by atoms with Crippen molar-refractivity contribution in [1.29, 1.82) is 0 Å². The highest BCUT2D eigenvalue weighted by Gasteiger charge is 2.30. The highest BCUT2D eigenvalue weighted by molar-refractivity contribution is 5.88. The predicted molar refractivity (Wildman–Crippen MR) is 145 cm³/mol. The van der Waals surface area contributed by atoms with Crippen LogP contribution in [0, 0.1) is 0 Å². The van der Waals surface area contributed by atoms with Gasteiger partial charge in [0.2, 0.25) is 11.8 Å². The molecule has 1 atom stereocenters. The number of nitrogens with zero attached hydrogens (tertiary/aromatic N) is 1. The van der Waals surface area contributed by atoms with Gasteiger partial charge in [-0.1, -0.05) is 93.1 Å². The van der Waals surface area contributed by atoms with Gasteiger partial charge in [0.15, 0.2) is 0 Å². The molecule has 190 valence electrons. The Morgan fingerprint density at radius 2 is 1.44 bits per heavy atom. The zero-order valence-corrected chi connectivity index (χ0v) is 21.7. The number of amides is 2. The number of ether oxygens (including phenoxy) is 1. The van der Waals surface area contributed by atoms with Gasteiger partial charge in [-0.3, -0.25) is 9.59 Å². The topological polar surface area (TPSA) is 58.6 Å². The summed E-state index contributed by atoms with van der Waals surface area (Å²) in [5.41, 5.74) is 3.13. The summed E-state index contributed by atoms with van der Waals surface area (Å²) in [4.78, 5) is 28.9.